The molecule has 3 rings (SSSR count). The van der Waals surface area contributed by atoms with Crippen LogP contribution in [-0.4, -0.2) is 43.6 Å². The molecule has 7 heteroatoms. The zero-order valence-electron chi connectivity index (χ0n) is 13.7. The van der Waals surface area contributed by atoms with Crippen LogP contribution in [0, 0.1) is 0 Å². The van der Waals surface area contributed by atoms with Crippen molar-refractivity contribution in [1.29, 1.82) is 0 Å². The molecule has 0 atom stereocenters. The number of carbonyl (C=O) groups excluding carboxylic acids is 3. The number of nitrogens with zero attached hydrogens (tertiary/aromatic N) is 2. The molecule has 0 unspecified atom stereocenters. The molecule has 0 aliphatic carbocycles. The molecule has 128 valence electrons. The maximum Gasteiger partial charge on any atom is 0.328 e. The van der Waals surface area contributed by atoms with Crippen LogP contribution in [0.1, 0.15) is 26.2 Å². The van der Waals surface area contributed by atoms with Crippen LogP contribution in [0.5, 0.6) is 0 Å². The summed E-state index contributed by atoms with van der Waals surface area (Å²) in [6, 6.07) is 7.36. The van der Waals surface area contributed by atoms with E-state index in [1.54, 1.807) is 4.90 Å². The van der Waals surface area contributed by atoms with Crippen molar-refractivity contribution in [3.8, 4) is 0 Å². The van der Waals surface area contributed by atoms with E-state index in [1.165, 1.54) is 6.92 Å². The van der Waals surface area contributed by atoms with Gasteiger partial charge in [0.15, 0.2) is 0 Å². The number of piperidine rings is 1. The summed E-state index contributed by atoms with van der Waals surface area (Å²) in [7, 11) is 0. The molecule has 1 N–H and O–H groups in total. The molecule has 0 radical (unpaired) electrons. The van der Waals surface area contributed by atoms with Gasteiger partial charge < -0.3 is 9.64 Å². The molecule has 0 bridgehead atoms. The Labute approximate surface area is 140 Å². The van der Waals surface area contributed by atoms with E-state index in [4.69, 9.17) is 4.74 Å². The summed E-state index contributed by atoms with van der Waals surface area (Å²) in [5, 5.41) is 2.32. The molecular weight excluding hydrogens is 310 g/mol. The summed E-state index contributed by atoms with van der Waals surface area (Å²) in [5.41, 5.74) is 1.85. The highest BCUT2D eigenvalue weighted by Gasteiger charge is 2.25. The third-order valence-electron chi connectivity index (χ3n) is 4.36. The summed E-state index contributed by atoms with van der Waals surface area (Å²) in [4.78, 5) is 37.9. The highest BCUT2D eigenvalue weighted by molar-refractivity contribution is 6.05. The predicted octanol–water partition coefficient (Wildman–Crippen LogP) is 1.66. The Hall–Kier alpha value is -2.57. The summed E-state index contributed by atoms with van der Waals surface area (Å²) in [5.74, 6) is -0.459. The monoisotopic (exact) mass is 331 g/mol. The smallest absolute Gasteiger partial charge is 0.328 e. The number of esters is 1. The number of nitrogens with one attached hydrogen (secondary N) is 1. The summed E-state index contributed by atoms with van der Waals surface area (Å²) >= 11 is 0. The lowest BCUT2D eigenvalue weighted by molar-refractivity contribution is -0.147. The molecule has 1 aromatic rings. The van der Waals surface area contributed by atoms with Crippen molar-refractivity contribution in [2.45, 2.75) is 32.3 Å². The third-order valence-corrected chi connectivity index (χ3v) is 4.36. The highest BCUT2D eigenvalue weighted by Crippen LogP contribution is 2.25. The lowest BCUT2D eigenvalue weighted by Gasteiger charge is -2.33. The highest BCUT2D eigenvalue weighted by atomic mass is 16.5. The van der Waals surface area contributed by atoms with Gasteiger partial charge in [0, 0.05) is 57.2 Å². The topological polar surface area (TPSA) is 79.0 Å². The Kier molecular flexibility index (Phi) is 4.69. The van der Waals surface area contributed by atoms with E-state index in [-0.39, 0.29) is 24.0 Å². The summed E-state index contributed by atoms with van der Waals surface area (Å²) in [6.45, 7) is 3.50. The van der Waals surface area contributed by atoms with Crippen LogP contribution in [0.25, 0.3) is 0 Å². The molecule has 0 saturated carbocycles. The Morgan fingerprint density at radius 1 is 1.08 bits per heavy atom. The van der Waals surface area contributed by atoms with Gasteiger partial charge in [0.2, 0.25) is 5.91 Å². The number of carbonyl (C=O) groups is 3. The molecule has 1 aromatic carbocycles. The molecule has 24 heavy (non-hydrogen) atoms. The van der Waals surface area contributed by atoms with Crippen molar-refractivity contribution < 1.29 is 19.1 Å². The van der Waals surface area contributed by atoms with Crippen molar-refractivity contribution in [1.82, 2.24) is 5.32 Å². The van der Waals surface area contributed by atoms with Crippen LogP contribution in [0.4, 0.5) is 16.2 Å². The third kappa shape index (κ3) is 3.67. The van der Waals surface area contributed by atoms with E-state index in [9.17, 15) is 14.4 Å². The van der Waals surface area contributed by atoms with Gasteiger partial charge in [-0.3, -0.25) is 19.8 Å². The number of amides is 3. The van der Waals surface area contributed by atoms with Gasteiger partial charge in [-0.15, -0.1) is 0 Å². The van der Waals surface area contributed by atoms with Gasteiger partial charge in [-0.05, 0) is 24.3 Å². The van der Waals surface area contributed by atoms with Gasteiger partial charge in [-0.1, -0.05) is 0 Å². The normalized spacial score (nSPS) is 19.2. The second-order valence-electron chi connectivity index (χ2n) is 6.07. The first kappa shape index (κ1) is 16.3. The Balaban J connectivity index is 1.60. The molecule has 2 aliphatic rings. The first-order valence-corrected chi connectivity index (χ1v) is 8.16. The number of anilines is 2. The standard InChI is InChI=1S/C17H21N3O4/c1-12(21)24-15-6-9-19(10-7-15)13-2-4-14(5-3-13)20-11-8-16(22)18-17(20)23/h2-5,15H,6-11H2,1H3,(H,18,22,23). The molecule has 2 aliphatic heterocycles. The van der Waals surface area contributed by atoms with Gasteiger partial charge in [-0.25, -0.2) is 4.79 Å². The van der Waals surface area contributed by atoms with Gasteiger partial charge >= 0.3 is 12.0 Å². The van der Waals surface area contributed by atoms with E-state index in [1.807, 2.05) is 24.3 Å². The van der Waals surface area contributed by atoms with Gasteiger partial charge in [0.25, 0.3) is 0 Å². The van der Waals surface area contributed by atoms with Crippen molar-refractivity contribution in [2.24, 2.45) is 0 Å². The molecule has 3 amide bonds. The van der Waals surface area contributed by atoms with Crippen molar-refractivity contribution >= 4 is 29.3 Å². The Morgan fingerprint density at radius 2 is 1.71 bits per heavy atom. The fraction of sp³-hybridized carbons (Fsp3) is 0.471. The van der Waals surface area contributed by atoms with Crippen LogP contribution in [0.2, 0.25) is 0 Å². The second-order valence-corrected chi connectivity index (χ2v) is 6.07. The van der Waals surface area contributed by atoms with E-state index in [0.717, 1.165) is 37.3 Å². The Bertz CT molecular complexity index is 636. The maximum atomic E-state index is 11.9. The second kappa shape index (κ2) is 6.90. The average Bonchev–Trinajstić information content (AvgIpc) is 2.55. The van der Waals surface area contributed by atoms with Crippen molar-refractivity contribution in [3.63, 3.8) is 0 Å². The van der Waals surface area contributed by atoms with Crippen LogP contribution >= 0.6 is 0 Å². The number of urea groups is 1. The first-order chi connectivity index (χ1) is 11.5. The quantitative estimate of drug-likeness (QED) is 0.852. The van der Waals surface area contributed by atoms with Gasteiger partial charge in [-0.2, -0.15) is 0 Å². The van der Waals surface area contributed by atoms with Gasteiger partial charge in [0.05, 0.1) is 0 Å². The predicted molar refractivity (Wildman–Crippen MR) is 88.9 cm³/mol. The van der Waals surface area contributed by atoms with E-state index >= 15 is 0 Å². The maximum absolute atomic E-state index is 11.9. The first-order valence-electron chi connectivity index (χ1n) is 8.16. The molecule has 0 spiro atoms. The van der Waals surface area contributed by atoms with Crippen LogP contribution in [0.15, 0.2) is 24.3 Å². The fourth-order valence-corrected chi connectivity index (χ4v) is 3.12. The minimum atomic E-state index is -0.374. The molecule has 0 aromatic heterocycles. The lowest BCUT2D eigenvalue weighted by atomic mass is 10.1. The zero-order chi connectivity index (χ0) is 17.1. The molecular formula is C17H21N3O4. The number of ether oxygens (including phenoxy) is 1. The zero-order valence-corrected chi connectivity index (χ0v) is 13.7. The largest absolute Gasteiger partial charge is 0.462 e. The van der Waals surface area contributed by atoms with Crippen molar-refractivity contribution in [2.75, 3.05) is 29.4 Å². The lowest BCUT2D eigenvalue weighted by Crippen LogP contribution is -2.49. The molecule has 2 heterocycles. The number of rotatable bonds is 3. The number of hydrogen-bond acceptors (Lipinski definition) is 5. The minimum absolute atomic E-state index is 0.00704. The van der Waals surface area contributed by atoms with E-state index in [2.05, 4.69) is 10.2 Å². The number of imide groups is 1. The van der Waals surface area contributed by atoms with Crippen LogP contribution in [-0.2, 0) is 14.3 Å². The van der Waals surface area contributed by atoms with Crippen molar-refractivity contribution in [3.05, 3.63) is 24.3 Å². The van der Waals surface area contributed by atoms with Crippen LogP contribution < -0.4 is 15.1 Å². The summed E-state index contributed by atoms with van der Waals surface area (Å²) in [6.07, 6.45) is 1.96. The molecule has 7 nitrogen and oxygen atoms in total. The fourth-order valence-electron chi connectivity index (χ4n) is 3.12. The molecule has 2 fully saturated rings. The summed E-state index contributed by atoms with van der Waals surface area (Å²) < 4.78 is 5.25. The van der Waals surface area contributed by atoms with Crippen LogP contribution in [0.3, 0.4) is 0 Å². The van der Waals surface area contributed by atoms with E-state index in [0.29, 0.717) is 13.0 Å². The SMILES string of the molecule is CC(=O)OC1CCN(c2ccc(N3CCC(=O)NC3=O)cc2)CC1. The average molecular weight is 331 g/mol. The molecule has 2 saturated heterocycles. The number of hydrogen-bond donors (Lipinski definition) is 1. The van der Waals surface area contributed by atoms with Gasteiger partial charge in [0.1, 0.15) is 6.10 Å². The number of benzene rings is 1. The van der Waals surface area contributed by atoms with E-state index < -0.39 is 0 Å². The minimum Gasteiger partial charge on any atom is -0.462 e. The Morgan fingerprint density at radius 3 is 2.29 bits per heavy atom.